The first-order valence-corrected chi connectivity index (χ1v) is 1.17. The Bertz CT molecular complexity index is 48.9. The molecule has 0 unspecified atom stereocenters. The number of nitrogens with zero attached hydrogens (tertiary/aromatic N) is 1. The largest absolute Gasteiger partial charge is 0.514 e. The van der Waals surface area contributed by atoms with Crippen molar-refractivity contribution in [3.63, 3.8) is 0 Å². The second-order valence-corrected chi connectivity index (χ2v) is 0.481. The number of aliphatic hydroxyl groups is 1. The molecule has 1 N–H and O–H groups in total. The predicted molar refractivity (Wildman–Crippen MR) is 21.3 cm³/mol. The highest BCUT2D eigenvalue weighted by Gasteiger charge is 1.42. The van der Waals surface area contributed by atoms with Crippen LogP contribution in [0.15, 0.2) is 17.5 Å². The lowest BCUT2D eigenvalue weighted by molar-refractivity contribution is 0.472. The first-order chi connectivity index (χ1) is 2.41. The van der Waals surface area contributed by atoms with Crippen LogP contribution in [-0.4, -0.2) is 11.8 Å². The van der Waals surface area contributed by atoms with Crippen LogP contribution in [0.4, 0.5) is 0 Å². The van der Waals surface area contributed by atoms with Gasteiger partial charge in [0.05, 0.1) is 12.5 Å². The molecule has 0 heterocycles. The van der Waals surface area contributed by atoms with Gasteiger partial charge in [-0.15, -0.1) is 0 Å². The van der Waals surface area contributed by atoms with E-state index in [4.69, 9.17) is 5.11 Å². The summed E-state index contributed by atoms with van der Waals surface area (Å²) in [7, 11) is 0. The molecule has 0 radical (unpaired) electrons. The molecule has 5 heavy (non-hydrogen) atoms. The summed E-state index contributed by atoms with van der Waals surface area (Å²) >= 11 is 0. The maximum absolute atomic E-state index is 7.75. The minimum atomic E-state index is 0.826. The standard InChI is InChI=1S/C3H5NO/c1-4-2-3-5/h2-3,5H,1H2/b3-2-. The zero-order valence-electron chi connectivity index (χ0n) is 2.76. The molecule has 2 heteroatoms. The molecule has 0 fully saturated rings. The Kier molecular flexibility index (Phi) is 2.70. The summed E-state index contributed by atoms with van der Waals surface area (Å²) in [6.07, 6.45) is 2.02. The van der Waals surface area contributed by atoms with Gasteiger partial charge in [-0.3, -0.25) is 4.99 Å². The molecule has 0 aliphatic heterocycles. The normalized spacial score (nSPS) is 8.80. The van der Waals surface area contributed by atoms with Crippen LogP contribution in [0.5, 0.6) is 0 Å². The molecule has 0 bridgehead atoms. The molecule has 0 aromatic rings. The Labute approximate surface area is 30.5 Å². The van der Waals surface area contributed by atoms with Crippen molar-refractivity contribution in [2.75, 3.05) is 0 Å². The zero-order valence-corrected chi connectivity index (χ0v) is 2.76. The fourth-order valence-corrected chi connectivity index (χ4v) is 0.0471. The molecule has 0 aliphatic rings. The van der Waals surface area contributed by atoms with Crippen LogP contribution in [0.3, 0.4) is 0 Å². The van der Waals surface area contributed by atoms with E-state index < -0.39 is 0 Å². The maximum Gasteiger partial charge on any atom is 0.0974 e. The highest BCUT2D eigenvalue weighted by Crippen LogP contribution is 1.59. The number of hydrogen-bond donors (Lipinski definition) is 1. The molecule has 0 atom stereocenters. The minimum absolute atomic E-state index is 0.826. The van der Waals surface area contributed by atoms with E-state index in [1.54, 1.807) is 0 Å². The number of aliphatic imine (C=N–C) groups is 1. The van der Waals surface area contributed by atoms with Crippen LogP contribution >= 0.6 is 0 Å². The summed E-state index contributed by atoms with van der Waals surface area (Å²) in [4.78, 5) is 3.17. The van der Waals surface area contributed by atoms with Crippen molar-refractivity contribution < 1.29 is 5.11 Å². The number of hydrogen-bond acceptors (Lipinski definition) is 2. The third kappa shape index (κ3) is 3.21. The summed E-state index contributed by atoms with van der Waals surface area (Å²) in [6.45, 7) is 3.05. The van der Waals surface area contributed by atoms with Crippen molar-refractivity contribution in [3.05, 3.63) is 12.5 Å². The van der Waals surface area contributed by atoms with Crippen LogP contribution in [0.2, 0.25) is 0 Å². The molecule has 0 amide bonds. The van der Waals surface area contributed by atoms with Gasteiger partial charge >= 0.3 is 0 Å². The van der Waals surface area contributed by atoms with E-state index in [0.29, 0.717) is 0 Å². The van der Waals surface area contributed by atoms with Gasteiger partial charge in [-0.25, -0.2) is 0 Å². The highest BCUT2D eigenvalue weighted by atomic mass is 16.2. The van der Waals surface area contributed by atoms with E-state index in [1.807, 2.05) is 0 Å². The van der Waals surface area contributed by atoms with Gasteiger partial charge in [0.15, 0.2) is 0 Å². The van der Waals surface area contributed by atoms with Crippen molar-refractivity contribution in [2.24, 2.45) is 4.99 Å². The van der Waals surface area contributed by atoms with E-state index in [9.17, 15) is 0 Å². The molecule has 0 spiro atoms. The molecule has 2 nitrogen and oxygen atoms in total. The molecule has 0 rings (SSSR count). The van der Waals surface area contributed by atoms with Crippen molar-refractivity contribution in [1.82, 2.24) is 0 Å². The Morgan fingerprint density at radius 3 is 2.40 bits per heavy atom. The van der Waals surface area contributed by atoms with Crippen molar-refractivity contribution in [2.45, 2.75) is 0 Å². The summed E-state index contributed by atoms with van der Waals surface area (Å²) in [5.74, 6) is 0. The van der Waals surface area contributed by atoms with Crippen molar-refractivity contribution >= 4 is 6.72 Å². The Balaban J connectivity index is 2.92. The first kappa shape index (κ1) is 4.21. The first-order valence-electron chi connectivity index (χ1n) is 1.17. The van der Waals surface area contributed by atoms with Crippen LogP contribution in [0, 0.1) is 0 Å². The van der Waals surface area contributed by atoms with Gasteiger partial charge in [0, 0.05) is 0 Å². The van der Waals surface area contributed by atoms with Gasteiger partial charge in [-0.05, 0) is 6.72 Å². The summed E-state index contributed by atoms with van der Waals surface area (Å²) in [6, 6.07) is 0. The minimum Gasteiger partial charge on any atom is -0.514 e. The van der Waals surface area contributed by atoms with Gasteiger partial charge in [-0.2, -0.15) is 0 Å². The summed E-state index contributed by atoms with van der Waals surface area (Å²) < 4.78 is 0. The maximum atomic E-state index is 7.75. The average Bonchev–Trinajstić information content (AvgIpc) is 1.41. The van der Waals surface area contributed by atoms with Gasteiger partial charge in [-0.1, -0.05) is 0 Å². The number of aliphatic hydroxyl groups excluding tert-OH is 1. The fraction of sp³-hybridized carbons (Fsp3) is 0. The summed E-state index contributed by atoms with van der Waals surface area (Å²) in [5, 5.41) is 7.75. The van der Waals surface area contributed by atoms with Crippen LogP contribution < -0.4 is 0 Å². The zero-order chi connectivity index (χ0) is 4.12. The van der Waals surface area contributed by atoms with Gasteiger partial charge in [0.25, 0.3) is 0 Å². The van der Waals surface area contributed by atoms with Gasteiger partial charge in [0.1, 0.15) is 0 Å². The van der Waals surface area contributed by atoms with E-state index >= 15 is 0 Å². The molecule has 0 saturated heterocycles. The molecule has 0 saturated carbocycles. The topological polar surface area (TPSA) is 32.6 Å². The lowest BCUT2D eigenvalue weighted by Gasteiger charge is -1.59. The van der Waals surface area contributed by atoms with Crippen LogP contribution in [-0.2, 0) is 0 Å². The van der Waals surface area contributed by atoms with Crippen LogP contribution in [0.25, 0.3) is 0 Å². The van der Waals surface area contributed by atoms with Gasteiger partial charge < -0.3 is 5.11 Å². The van der Waals surface area contributed by atoms with Gasteiger partial charge in [0.2, 0.25) is 0 Å². The highest BCUT2D eigenvalue weighted by molar-refractivity contribution is 5.25. The quantitative estimate of drug-likeness (QED) is 0.358. The third-order valence-electron chi connectivity index (χ3n) is 0.172. The summed E-state index contributed by atoms with van der Waals surface area (Å²) in [5.41, 5.74) is 0. The lowest BCUT2D eigenvalue weighted by atomic mass is 11.0. The molecule has 0 aromatic heterocycles. The second kappa shape index (κ2) is 3.21. The van der Waals surface area contributed by atoms with E-state index in [-0.39, 0.29) is 0 Å². The Morgan fingerprint density at radius 2 is 2.40 bits per heavy atom. The van der Waals surface area contributed by atoms with E-state index in [2.05, 4.69) is 11.7 Å². The number of rotatable bonds is 1. The third-order valence-corrected chi connectivity index (χ3v) is 0.172. The lowest BCUT2D eigenvalue weighted by Crippen LogP contribution is -1.42. The van der Waals surface area contributed by atoms with Crippen molar-refractivity contribution in [3.8, 4) is 0 Å². The molecular weight excluding hydrogens is 66.0 g/mol. The van der Waals surface area contributed by atoms with Crippen molar-refractivity contribution in [1.29, 1.82) is 0 Å². The van der Waals surface area contributed by atoms with E-state index in [1.165, 1.54) is 6.20 Å². The average molecular weight is 71.1 g/mol. The second-order valence-electron chi connectivity index (χ2n) is 0.481. The monoisotopic (exact) mass is 71.0 g/mol. The van der Waals surface area contributed by atoms with Crippen LogP contribution in [0.1, 0.15) is 0 Å². The Morgan fingerprint density at radius 1 is 1.80 bits per heavy atom. The predicted octanol–water partition coefficient (Wildman–Crippen LogP) is 0.716. The smallest absolute Gasteiger partial charge is 0.0974 e. The molecule has 0 aliphatic carbocycles. The molecule has 28 valence electrons. The molecule has 0 aromatic carbocycles. The van der Waals surface area contributed by atoms with E-state index in [0.717, 1.165) is 6.26 Å². The molecular formula is C3H5NO. The Hall–Kier alpha value is -0.790. The fourth-order valence-electron chi connectivity index (χ4n) is 0.0471. The SMILES string of the molecule is C=N/C=C\O.